The van der Waals surface area contributed by atoms with Crippen molar-refractivity contribution in [1.82, 2.24) is 10.6 Å². The van der Waals surface area contributed by atoms with Gasteiger partial charge in [-0.05, 0) is 62.8 Å². The molecule has 42 heavy (non-hydrogen) atoms. The normalized spacial score (nSPS) is 20.1. The lowest BCUT2D eigenvalue weighted by Crippen LogP contribution is -2.56. The molecule has 0 unspecified atom stereocenters. The highest BCUT2D eigenvalue weighted by molar-refractivity contribution is 7.92. The third-order valence-electron chi connectivity index (χ3n) is 8.91. The molecule has 5 atom stereocenters. The van der Waals surface area contributed by atoms with Gasteiger partial charge < -0.3 is 20.8 Å². The Morgan fingerprint density at radius 2 is 1.48 bits per heavy atom. The van der Waals surface area contributed by atoms with Crippen LogP contribution in [-0.4, -0.2) is 65.7 Å². The molecule has 9 heteroatoms. The highest BCUT2D eigenvalue weighted by Gasteiger charge is 2.37. The number of aliphatic hydroxyl groups excluding tert-OH is 2. The molecule has 0 spiro atoms. The number of carbonyl (C=O) groups is 2. The van der Waals surface area contributed by atoms with Crippen LogP contribution in [0.5, 0.6) is 0 Å². The molecule has 2 saturated carbocycles. The molecule has 0 heterocycles. The van der Waals surface area contributed by atoms with Crippen molar-refractivity contribution in [1.29, 1.82) is 0 Å². The fraction of sp³-hybridized carbons (Fsp3) is 0.758. The lowest BCUT2D eigenvalue weighted by molar-refractivity contribution is -0.132. The van der Waals surface area contributed by atoms with Crippen molar-refractivity contribution in [2.24, 2.45) is 23.7 Å². The molecule has 2 amide bonds. The van der Waals surface area contributed by atoms with E-state index in [2.05, 4.69) is 10.6 Å². The Morgan fingerprint density at radius 1 is 0.857 bits per heavy atom. The second-order valence-corrected chi connectivity index (χ2v) is 16.1. The fourth-order valence-electron chi connectivity index (χ4n) is 6.05. The van der Waals surface area contributed by atoms with Crippen LogP contribution in [0.3, 0.4) is 0 Å². The summed E-state index contributed by atoms with van der Waals surface area (Å²) in [7, 11) is -3.52. The Balaban J connectivity index is 1.78. The van der Waals surface area contributed by atoms with Crippen LogP contribution in [0.25, 0.3) is 0 Å². The molecule has 0 bridgehead atoms. The van der Waals surface area contributed by atoms with E-state index >= 15 is 0 Å². The molecule has 8 nitrogen and oxygen atoms in total. The number of amides is 2. The topological polar surface area (TPSA) is 133 Å². The predicted octanol–water partition coefficient (Wildman–Crippen LogP) is 4.18. The van der Waals surface area contributed by atoms with Crippen molar-refractivity contribution in [3.05, 3.63) is 35.9 Å². The van der Waals surface area contributed by atoms with Gasteiger partial charge in [-0.3, -0.25) is 9.59 Å². The first-order valence-electron chi connectivity index (χ1n) is 16.1. The van der Waals surface area contributed by atoms with Gasteiger partial charge in [0.05, 0.1) is 29.1 Å². The van der Waals surface area contributed by atoms with E-state index < -0.39 is 51.2 Å². The van der Waals surface area contributed by atoms with Gasteiger partial charge in [-0.15, -0.1) is 0 Å². The van der Waals surface area contributed by atoms with Gasteiger partial charge >= 0.3 is 0 Å². The number of hydrogen-bond acceptors (Lipinski definition) is 6. The van der Waals surface area contributed by atoms with E-state index in [1.165, 1.54) is 6.42 Å². The molecule has 0 aliphatic heterocycles. The highest BCUT2D eigenvalue weighted by atomic mass is 32.2. The van der Waals surface area contributed by atoms with Gasteiger partial charge in [0.15, 0.2) is 9.84 Å². The maximum absolute atomic E-state index is 13.8. The summed E-state index contributed by atoms with van der Waals surface area (Å²) in [6.07, 6.45) is 7.11. The largest absolute Gasteiger partial charge is 0.390 e. The summed E-state index contributed by atoms with van der Waals surface area (Å²) < 4.78 is 25.8. The van der Waals surface area contributed by atoms with Crippen molar-refractivity contribution in [2.75, 3.05) is 5.75 Å². The predicted molar refractivity (Wildman–Crippen MR) is 166 cm³/mol. The van der Waals surface area contributed by atoms with Crippen molar-refractivity contribution in [3.63, 3.8) is 0 Å². The first-order chi connectivity index (χ1) is 19.9. The summed E-state index contributed by atoms with van der Waals surface area (Å²) in [6, 6.07) is 7.86. The smallest absolute Gasteiger partial charge is 0.242 e. The first kappa shape index (κ1) is 34.5. The van der Waals surface area contributed by atoms with Crippen LogP contribution in [0.1, 0.15) is 97.5 Å². The fourth-order valence-corrected chi connectivity index (χ4v) is 7.26. The van der Waals surface area contributed by atoms with E-state index in [-0.39, 0.29) is 24.0 Å². The van der Waals surface area contributed by atoms with Crippen LogP contribution in [0.2, 0.25) is 0 Å². The number of rotatable bonds is 17. The molecular formula is C33H54N2O6S. The molecule has 0 aromatic heterocycles. The van der Waals surface area contributed by atoms with Gasteiger partial charge in [0.25, 0.3) is 0 Å². The summed E-state index contributed by atoms with van der Waals surface area (Å²) in [6.45, 7) is 7.19. The number of hydrogen-bond donors (Lipinski definition) is 4. The second kappa shape index (κ2) is 16.2. The molecule has 4 N–H and O–H groups in total. The Labute approximate surface area is 253 Å². The minimum atomic E-state index is -3.52. The summed E-state index contributed by atoms with van der Waals surface area (Å²) in [5.74, 6) is -1.10. The molecule has 3 rings (SSSR count). The molecule has 0 saturated heterocycles. The van der Waals surface area contributed by atoms with Crippen molar-refractivity contribution < 1.29 is 28.2 Å². The Kier molecular flexibility index (Phi) is 13.3. The van der Waals surface area contributed by atoms with Crippen LogP contribution in [0.4, 0.5) is 0 Å². The molecule has 238 valence electrons. The molecule has 1 aromatic carbocycles. The molecule has 2 aliphatic carbocycles. The van der Waals surface area contributed by atoms with Crippen molar-refractivity contribution in [3.8, 4) is 0 Å². The van der Waals surface area contributed by atoms with Gasteiger partial charge in [-0.1, -0.05) is 89.1 Å². The zero-order chi connectivity index (χ0) is 30.9. The Hall–Kier alpha value is -1.97. The second-order valence-electron chi connectivity index (χ2n) is 13.5. The number of nitrogens with one attached hydrogen (secondary N) is 2. The number of carbonyl (C=O) groups excluding carboxylic acids is 2. The molecular weight excluding hydrogens is 552 g/mol. The first-order valence-corrected chi connectivity index (χ1v) is 17.8. The molecule has 1 aromatic rings. The molecule has 2 aliphatic rings. The number of sulfone groups is 1. The summed E-state index contributed by atoms with van der Waals surface area (Å²) in [5.41, 5.74) is 0.856. The van der Waals surface area contributed by atoms with E-state index in [0.29, 0.717) is 31.1 Å². The van der Waals surface area contributed by atoms with Crippen LogP contribution >= 0.6 is 0 Å². The van der Waals surface area contributed by atoms with Crippen molar-refractivity contribution in [2.45, 2.75) is 128 Å². The zero-order valence-electron chi connectivity index (χ0n) is 26.0. The highest BCUT2D eigenvalue weighted by Crippen LogP contribution is 2.34. The summed E-state index contributed by atoms with van der Waals surface area (Å²) >= 11 is 0. The monoisotopic (exact) mass is 606 g/mol. The summed E-state index contributed by atoms with van der Waals surface area (Å²) in [4.78, 5) is 27.5. The van der Waals surface area contributed by atoms with Gasteiger partial charge in [0, 0.05) is 0 Å². The Morgan fingerprint density at radius 3 is 2.05 bits per heavy atom. The quantitative estimate of drug-likeness (QED) is 0.210. The number of aliphatic hydroxyl groups is 2. The van der Waals surface area contributed by atoms with E-state index in [1.54, 1.807) is 13.8 Å². The third-order valence-corrected chi connectivity index (χ3v) is 11.2. The Bertz CT molecular complexity index is 1080. The average Bonchev–Trinajstić information content (AvgIpc) is 3.76. The summed E-state index contributed by atoms with van der Waals surface area (Å²) in [5, 5.41) is 27.3. The zero-order valence-corrected chi connectivity index (χ0v) is 26.8. The maximum atomic E-state index is 13.8. The maximum Gasteiger partial charge on any atom is 0.242 e. The molecule has 0 radical (unpaired) electrons. The lowest BCUT2D eigenvalue weighted by Gasteiger charge is -2.34. The lowest BCUT2D eigenvalue weighted by atomic mass is 9.82. The van der Waals surface area contributed by atoms with Gasteiger partial charge in [0.1, 0.15) is 12.1 Å². The minimum Gasteiger partial charge on any atom is -0.390 e. The molecule has 2 fully saturated rings. The van der Waals surface area contributed by atoms with Gasteiger partial charge in [0.2, 0.25) is 11.8 Å². The van der Waals surface area contributed by atoms with Crippen LogP contribution < -0.4 is 10.6 Å². The van der Waals surface area contributed by atoms with E-state index in [9.17, 15) is 28.2 Å². The van der Waals surface area contributed by atoms with E-state index in [0.717, 1.165) is 44.1 Å². The van der Waals surface area contributed by atoms with Crippen LogP contribution in [-0.2, 0) is 25.8 Å². The van der Waals surface area contributed by atoms with Gasteiger partial charge in [-0.2, -0.15) is 0 Å². The van der Waals surface area contributed by atoms with E-state index in [4.69, 9.17) is 0 Å². The van der Waals surface area contributed by atoms with E-state index in [1.807, 2.05) is 44.2 Å². The third kappa shape index (κ3) is 11.3. The minimum absolute atomic E-state index is 0.186. The van der Waals surface area contributed by atoms with Gasteiger partial charge in [-0.25, -0.2) is 8.42 Å². The van der Waals surface area contributed by atoms with Crippen LogP contribution in [0, 0.1) is 23.7 Å². The van der Waals surface area contributed by atoms with Crippen molar-refractivity contribution >= 4 is 21.7 Å². The average molecular weight is 607 g/mol. The number of benzene rings is 1. The van der Waals surface area contributed by atoms with Crippen LogP contribution in [0.15, 0.2) is 30.3 Å². The SMILES string of the molecule is CC(C)C[C@H](O)[C@H](O)[C@H](CC1CCCCC1)NC(=O)[C@H](CC1CC1)NC(=O)[C@H](Cc1ccccc1)CS(=O)(=O)C(C)C. The standard InChI is InChI=1S/C33H54N2O6S/c1-22(2)17-30(36)31(37)28(19-25-13-9-6-10-14-25)34-33(39)29(20-26-15-16-26)35-32(38)27(21-42(40,41)23(3)4)18-24-11-7-5-8-12-24/h5,7-8,11-12,22-23,25-31,36-37H,6,9-10,13-21H2,1-4H3,(H,34,39)(H,35,38)/t27-,28+,29+,30+,31-/m1/s1.